The number of esters is 1. The molecule has 0 bridgehead atoms. The third-order valence-corrected chi connectivity index (χ3v) is 19.1. The van der Waals surface area contributed by atoms with E-state index in [9.17, 15) is 19.8 Å². The van der Waals surface area contributed by atoms with Crippen LogP contribution in [0, 0.1) is 0 Å². The van der Waals surface area contributed by atoms with Gasteiger partial charge in [0.15, 0.2) is 0 Å². The highest BCUT2D eigenvalue weighted by atomic mass is 16.5. The van der Waals surface area contributed by atoms with E-state index in [-0.39, 0.29) is 18.5 Å². The Morgan fingerprint density at radius 3 is 0.791 bits per heavy atom. The van der Waals surface area contributed by atoms with Crippen LogP contribution in [0.1, 0.15) is 463 Å². The molecule has 0 aliphatic carbocycles. The number of carbonyl (C=O) groups excluding carboxylic acids is 2. The van der Waals surface area contributed by atoms with Crippen LogP contribution < -0.4 is 5.32 Å². The topological polar surface area (TPSA) is 95.9 Å². The predicted octanol–water partition coefficient (Wildman–Crippen LogP) is 26.3. The number of nitrogens with one attached hydrogen (secondary N) is 1. The Kier molecular flexibility index (Phi) is 74.8. The van der Waals surface area contributed by atoms with Gasteiger partial charge in [-0.15, -0.1) is 0 Å². The first-order chi connectivity index (χ1) is 42.5. The third kappa shape index (κ3) is 71.7. The molecule has 3 N–H and O–H groups in total. The molecule has 0 aromatic rings. The number of amides is 1. The lowest BCUT2D eigenvalue weighted by molar-refractivity contribution is -0.143. The van der Waals surface area contributed by atoms with Gasteiger partial charge in [0.2, 0.25) is 5.91 Å². The smallest absolute Gasteiger partial charge is 0.305 e. The Morgan fingerprint density at radius 2 is 0.535 bits per heavy atom. The van der Waals surface area contributed by atoms with Gasteiger partial charge in [-0.05, 0) is 32.1 Å². The fraction of sp³-hybridized carbons (Fsp3) is 0.950. The van der Waals surface area contributed by atoms with Crippen molar-refractivity contribution >= 4 is 11.9 Å². The summed E-state index contributed by atoms with van der Waals surface area (Å²) < 4.78 is 5.52. The number of hydrogen-bond donors (Lipinski definition) is 3. The number of ether oxygens (including phenoxy) is 1. The van der Waals surface area contributed by atoms with Crippen molar-refractivity contribution in [1.82, 2.24) is 5.32 Å². The lowest BCUT2D eigenvalue weighted by atomic mass is 10.0. The highest BCUT2D eigenvalue weighted by Gasteiger charge is 2.18. The van der Waals surface area contributed by atoms with Gasteiger partial charge in [-0.25, -0.2) is 0 Å². The van der Waals surface area contributed by atoms with Crippen molar-refractivity contribution in [2.45, 2.75) is 475 Å². The summed E-state index contributed by atoms with van der Waals surface area (Å²) in [5, 5.41) is 23.3. The highest BCUT2D eigenvalue weighted by molar-refractivity contribution is 5.76. The van der Waals surface area contributed by atoms with Gasteiger partial charge in [0, 0.05) is 12.8 Å². The summed E-state index contributed by atoms with van der Waals surface area (Å²) in [5.41, 5.74) is 0. The molecule has 0 aliphatic rings. The first kappa shape index (κ1) is 84.6. The van der Waals surface area contributed by atoms with Crippen molar-refractivity contribution in [2.75, 3.05) is 13.2 Å². The van der Waals surface area contributed by atoms with Gasteiger partial charge < -0.3 is 20.3 Å². The Balaban J connectivity index is 3.33. The van der Waals surface area contributed by atoms with E-state index in [0.29, 0.717) is 19.4 Å². The molecule has 0 aliphatic heterocycles. The Morgan fingerprint density at radius 1 is 0.314 bits per heavy atom. The molecule has 2 atom stereocenters. The average Bonchev–Trinajstić information content (AvgIpc) is 3.57. The molecule has 1 amide bonds. The number of aliphatic hydroxyl groups excluding tert-OH is 2. The normalized spacial score (nSPS) is 12.5. The van der Waals surface area contributed by atoms with E-state index in [1.165, 1.54) is 398 Å². The quantitative estimate of drug-likeness (QED) is 0.0320. The third-order valence-electron chi connectivity index (χ3n) is 19.1. The van der Waals surface area contributed by atoms with E-state index >= 15 is 0 Å². The van der Waals surface area contributed by atoms with E-state index in [1.807, 2.05) is 6.08 Å². The molecule has 86 heavy (non-hydrogen) atoms. The molecule has 0 fully saturated rings. The van der Waals surface area contributed by atoms with Crippen molar-refractivity contribution in [3.05, 3.63) is 12.2 Å². The lowest BCUT2D eigenvalue weighted by Crippen LogP contribution is -2.45. The molecule has 2 unspecified atom stereocenters. The zero-order valence-corrected chi connectivity index (χ0v) is 58.8. The molecule has 6 heteroatoms. The van der Waals surface area contributed by atoms with E-state index in [4.69, 9.17) is 4.74 Å². The summed E-state index contributed by atoms with van der Waals surface area (Å²) in [7, 11) is 0. The zero-order valence-electron chi connectivity index (χ0n) is 58.8. The maximum absolute atomic E-state index is 12.5. The van der Waals surface area contributed by atoms with E-state index in [0.717, 1.165) is 38.5 Å². The number of rotatable bonds is 76. The van der Waals surface area contributed by atoms with Crippen molar-refractivity contribution in [3.8, 4) is 0 Å². The van der Waals surface area contributed by atoms with Crippen LogP contribution in [-0.2, 0) is 14.3 Å². The van der Waals surface area contributed by atoms with Gasteiger partial charge >= 0.3 is 5.97 Å². The highest BCUT2D eigenvalue weighted by Crippen LogP contribution is 2.20. The maximum Gasteiger partial charge on any atom is 0.305 e. The molecule has 0 spiro atoms. The molecule has 0 radical (unpaired) electrons. The van der Waals surface area contributed by atoms with Crippen LogP contribution in [0.4, 0.5) is 0 Å². The summed E-state index contributed by atoms with van der Waals surface area (Å²) in [4.78, 5) is 24.7. The molecule has 512 valence electrons. The number of hydrogen-bond acceptors (Lipinski definition) is 5. The van der Waals surface area contributed by atoms with Crippen LogP contribution in [0.25, 0.3) is 0 Å². The van der Waals surface area contributed by atoms with Gasteiger partial charge in [0.25, 0.3) is 0 Å². The predicted molar refractivity (Wildman–Crippen MR) is 380 cm³/mol. The van der Waals surface area contributed by atoms with Crippen LogP contribution in [0.15, 0.2) is 12.2 Å². The summed E-state index contributed by atoms with van der Waals surface area (Å²) >= 11 is 0. The number of unbranched alkanes of at least 4 members (excludes halogenated alkanes) is 65. The van der Waals surface area contributed by atoms with Crippen LogP contribution in [0.2, 0.25) is 0 Å². The molecule has 0 aromatic carbocycles. The fourth-order valence-electron chi connectivity index (χ4n) is 13.0. The Bertz CT molecular complexity index is 1300. The molecule has 6 nitrogen and oxygen atoms in total. The van der Waals surface area contributed by atoms with E-state index < -0.39 is 12.1 Å². The van der Waals surface area contributed by atoms with Crippen molar-refractivity contribution in [1.29, 1.82) is 0 Å². The molecular weight excluding hydrogens is 1050 g/mol. The van der Waals surface area contributed by atoms with Crippen molar-refractivity contribution in [3.63, 3.8) is 0 Å². The Hall–Kier alpha value is -1.40. The van der Waals surface area contributed by atoms with Gasteiger partial charge in [0.1, 0.15) is 0 Å². The summed E-state index contributed by atoms with van der Waals surface area (Å²) in [6.07, 6.45) is 96.2. The maximum atomic E-state index is 12.5. The van der Waals surface area contributed by atoms with Crippen LogP contribution in [-0.4, -0.2) is 47.4 Å². The summed E-state index contributed by atoms with van der Waals surface area (Å²) in [5.74, 6) is -0.0328. The average molecular weight is 1210 g/mol. The number of allylic oxidation sites excluding steroid dienone is 1. The monoisotopic (exact) mass is 1210 g/mol. The van der Waals surface area contributed by atoms with Crippen LogP contribution in [0.3, 0.4) is 0 Å². The summed E-state index contributed by atoms with van der Waals surface area (Å²) in [6.45, 7) is 4.97. The van der Waals surface area contributed by atoms with E-state index in [1.54, 1.807) is 6.08 Å². The van der Waals surface area contributed by atoms with Gasteiger partial charge in [-0.2, -0.15) is 0 Å². The van der Waals surface area contributed by atoms with Gasteiger partial charge in [0.05, 0.1) is 25.4 Å². The number of aliphatic hydroxyl groups is 2. The van der Waals surface area contributed by atoms with E-state index in [2.05, 4.69) is 19.2 Å². The SMILES string of the molecule is CCCCCCCCCCCCCCCCCCCCC/C=C/C(O)C(CO)NC(=O)CCCCCCCCCCCCCCCCCCCCCCCCCCCCCCCCCOC(=O)CCCCCCCCCCCCCCCCCCC. The summed E-state index contributed by atoms with van der Waals surface area (Å²) in [6, 6.07) is -0.625. The zero-order chi connectivity index (χ0) is 62.0. The molecule has 0 rings (SSSR count). The Labute approximate surface area is 539 Å². The minimum Gasteiger partial charge on any atom is -0.466 e. The fourth-order valence-corrected chi connectivity index (χ4v) is 13.0. The molecular formula is C80H157NO5. The molecule has 0 saturated heterocycles. The van der Waals surface area contributed by atoms with Crippen LogP contribution >= 0.6 is 0 Å². The van der Waals surface area contributed by atoms with Gasteiger partial charge in [-0.1, -0.05) is 431 Å². The minimum absolute atomic E-state index is 0.0257. The second kappa shape index (κ2) is 76.1. The first-order valence-electron chi connectivity index (χ1n) is 40.0. The van der Waals surface area contributed by atoms with Crippen LogP contribution in [0.5, 0.6) is 0 Å². The lowest BCUT2D eigenvalue weighted by Gasteiger charge is -2.20. The van der Waals surface area contributed by atoms with Gasteiger partial charge in [-0.3, -0.25) is 9.59 Å². The minimum atomic E-state index is -0.842. The van der Waals surface area contributed by atoms with Crippen molar-refractivity contribution < 1.29 is 24.5 Å². The van der Waals surface area contributed by atoms with Crippen molar-refractivity contribution in [2.24, 2.45) is 0 Å². The molecule has 0 aromatic heterocycles. The first-order valence-corrected chi connectivity index (χ1v) is 40.0. The number of carbonyl (C=O) groups is 2. The molecule has 0 saturated carbocycles. The standard InChI is InChI=1S/C80H157NO5/c1-3-5-7-9-11-13-15-17-19-21-22-34-37-41-44-48-52-56-60-64-68-72-78(83)77(76-82)81-79(84)73-69-65-61-57-53-49-45-42-38-35-32-30-28-26-24-23-25-27-29-31-33-36-39-43-47-51-55-59-63-67-71-75-86-80(85)74-70-66-62-58-54-50-46-40-20-18-16-14-12-10-8-6-4-2/h68,72,77-78,82-83H,3-67,69-71,73-76H2,1-2H3,(H,81,84)/b72-68+. The second-order valence-corrected chi connectivity index (χ2v) is 27.8. The second-order valence-electron chi connectivity index (χ2n) is 27.8. The largest absolute Gasteiger partial charge is 0.466 e. The molecule has 0 heterocycles.